The van der Waals surface area contributed by atoms with E-state index in [-0.39, 0.29) is 5.88 Å². The third kappa shape index (κ3) is 2.81. The summed E-state index contributed by atoms with van der Waals surface area (Å²) in [5.41, 5.74) is 1.61. The van der Waals surface area contributed by atoms with Crippen LogP contribution in [-0.2, 0) is 0 Å². The van der Waals surface area contributed by atoms with E-state index in [2.05, 4.69) is 28.7 Å². The Morgan fingerprint density at radius 3 is 2.60 bits per heavy atom. The van der Waals surface area contributed by atoms with Gasteiger partial charge in [0.25, 0.3) is 0 Å². The fourth-order valence-electron chi connectivity index (χ4n) is 1.60. The number of aromatic hydroxyl groups is 1. The van der Waals surface area contributed by atoms with Crippen LogP contribution in [0.4, 0.5) is 5.69 Å². The average molecular weight is 209 g/mol. The molecular weight excluding hydrogens is 190 g/mol. The first kappa shape index (κ1) is 11.8. The van der Waals surface area contributed by atoms with Crippen molar-refractivity contribution >= 4 is 5.69 Å². The van der Waals surface area contributed by atoms with Crippen LogP contribution in [0, 0.1) is 6.92 Å². The zero-order valence-electron chi connectivity index (χ0n) is 9.69. The molecule has 15 heavy (non-hydrogen) atoms. The van der Waals surface area contributed by atoms with Gasteiger partial charge >= 0.3 is 0 Å². The molecule has 1 aromatic heterocycles. The van der Waals surface area contributed by atoms with E-state index in [1.165, 1.54) is 6.33 Å². The van der Waals surface area contributed by atoms with Gasteiger partial charge in [0.05, 0.1) is 5.69 Å². The van der Waals surface area contributed by atoms with Crippen LogP contribution in [0.5, 0.6) is 5.88 Å². The average Bonchev–Trinajstić information content (AvgIpc) is 2.22. The monoisotopic (exact) mass is 209 g/mol. The summed E-state index contributed by atoms with van der Waals surface area (Å²) in [6.45, 7) is 7.92. The second-order valence-corrected chi connectivity index (χ2v) is 3.56. The van der Waals surface area contributed by atoms with Crippen molar-refractivity contribution in [3.05, 3.63) is 12.0 Å². The molecule has 0 unspecified atom stereocenters. The molecular formula is C11H19N3O. The van der Waals surface area contributed by atoms with Crippen LogP contribution in [0.15, 0.2) is 6.33 Å². The van der Waals surface area contributed by atoms with Gasteiger partial charge in [-0.1, -0.05) is 13.3 Å². The van der Waals surface area contributed by atoms with Crippen molar-refractivity contribution in [1.82, 2.24) is 9.97 Å². The lowest BCUT2D eigenvalue weighted by Crippen LogP contribution is -2.25. The second-order valence-electron chi connectivity index (χ2n) is 3.56. The standard InChI is InChI=1S/C11H19N3O/c1-4-6-7-14(5-2)10-9(3)12-8-13-11(10)15/h8H,4-7H2,1-3H3,(H,12,13,15). The van der Waals surface area contributed by atoms with Crippen LogP contribution in [0.2, 0.25) is 0 Å². The van der Waals surface area contributed by atoms with Crippen molar-refractivity contribution in [2.45, 2.75) is 33.6 Å². The van der Waals surface area contributed by atoms with Crippen molar-refractivity contribution in [2.24, 2.45) is 0 Å². The number of unbranched alkanes of at least 4 members (excludes halogenated alkanes) is 1. The molecule has 0 radical (unpaired) electrons. The molecule has 0 fully saturated rings. The molecule has 0 atom stereocenters. The van der Waals surface area contributed by atoms with E-state index in [1.807, 2.05) is 6.92 Å². The van der Waals surface area contributed by atoms with Gasteiger partial charge in [-0.05, 0) is 20.3 Å². The topological polar surface area (TPSA) is 49.2 Å². The predicted octanol–water partition coefficient (Wildman–Crippen LogP) is 2.12. The maximum absolute atomic E-state index is 9.70. The molecule has 1 aromatic rings. The van der Waals surface area contributed by atoms with Gasteiger partial charge in [0.1, 0.15) is 12.0 Å². The summed E-state index contributed by atoms with van der Waals surface area (Å²) < 4.78 is 0. The molecule has 0 spiro atoms. The Morgan fingerprint density at radius 2 is 2.07 bits per heavy atom. The molecule has 0 aliphatic heterocycles. The van der Waals surface area contributed by atoms with E-state index < -0.39 is 0 Å². The van der Waals surface area contributed by atoms with Crippen LogP contribution >= 0.6 is 0 Å². The SMILES string of the molecule is CCCCN(CC)c1c(C)ncnc1O. The minimum Gasteiger partial charge on any atom is -0.492 e. The first-order valence-electron chi connectivity index (χ1n) is 5.46. The number of rotatable bonds is 5. The van der Waals surface area contributed by atoms with Gasteiger partial charge in [-0.2, -0.15) is 0 Å². The highest BCUT2D eigenvalue weighted by molar-refractivity contribution is 5.57. The first-order chi connectivity index (χ1) is 7.20. The Bertz CT molecular complexity index is 294. The molecule has 84 valence electrons. The largest absolute Gasteiger partial charge is 0.492 e. The molecule has 1 rings (SSSR count). The number of aromatic nitrogens is 2. The molecule has 0 bridgehead atoms. The van der Waals surface area contributed by atoms with E-state index in [0.717, 1.165) is 37.3 Å². The Kier molecular flexibility index (Phi) is 4.34. The number of hydrogen-bond acceptors (Lipinski definition) is 4. The van der Waals surface area contributed by atoms with Crippen molar-refractivity contribution in [2.75, 3.05) is 18.0 Å². The van der Waals surface area contributed by atoms with Crippen molar-refractivity contribution in [3.8, 4) is 5.88 Å². The molecule has 0 aliphatic rings. The van der Waals surface area contributed by atoms with Crippen LogP contribution in [-0.4, -0.2) is 28.2 Å². The lowest BCUT2D eigenvalue weighted by molar-refractivity contribution is 0.449. The highest BCUT2D eigenvalue weighted by Gasteiger charge is 2.13. The number of aryl methyl sites for hydroxylation is 1. The lowest BCUT2D eigenvalue weighted by atomic mass is 10.2. The lowest BCUT2D eigenvalue weighted by Gasteiger charge is -2.24. The van der Waals surface area contributed by atoms with Gasteiger partial charge in [0, 0.05) is 13.1 Å². The maximum atomic E-state index is 9.70. The first-order valence-corrected chi connectivity index (χ1v) is 5.46. The van der Waals surface area contributed by atoms with Crippen LogP contribution in [0.1, 0.15) is 32.4 Å². The maximum Gasteiger partial charge on any atom is 0.238 e. The van der Waals surface area contributed by atoms with Gasteiger partial charge in [0.2, 0.25) is 5.88 Å². The summed E-state index contributed by atoms with van der Waals surface area (Å²) in [6, 6.07) is 0. The Balaban J connectivity index is 2.90. The van der Waals surface area contributed by atoms with Crippen LogP contribution < -0.4 is 4.90 Å². The van der Waals surface area contributed by atoms with E-state index in [9.17, 15) is 5.11 Å². The second kappa shape index (κ2) is 5.53. The Morgan fingerprint density at radius 1 is 1.33 bits per heavy atom. The summed E-state index contributed by atoms with van der Waals surface area (Å²) in [6.07, 6.45) is 3.65. The molecule has 0 aliphatic carbocycles. The Labute approximate surface area is 91.0 Å². The minimum absolute atomic E-state index is 0.0838. The van der Waals surface area contributed by atoms with E-state index in [1.54, 1.807) is 0 Å². The molecule has 1 heterocycles. The van der Waals surface area contributed by atoms with Gasteiger partial charge in [-0.15, -0.1) is 0 Å². The van der Waals surface area contributed by atoms with Gasteiger partial charge in [-0.25, -0.2) is 9.97 Å². The fraction of sp³-hybridized carbons (Fsp3) is 0.636. The number of anilines is 1. The minimum atomic E-state index is 0.0838. The summed E-state index contributed by atoms with van der Waals surface area (Å²) in [4.78, 5) is 10.0. The van der Waals surface area contributed by atoms with Gasteiger partial charge in [-0.3, -0.25) is 0 Å². The van der Waals surface area contributed by atoms with E-state index in [4.69, 9.17) is 0 Å². The zero-order chi connectivity index (χ0) is 11.3. The molecule has 4 nitrogen and oxygen atoms in total. The fourth-order valence-corrected chi connectivity index (χ4v) is 1.60. The predicted molar refractivity (Wildman–Crippen MR) is 61.2 cm³/mol. The number of hydrogen-bond donors (Lipinski definition) is 1. The van der Waals surface area contributed by atoms with Gasteiger partial charge < -0.3 is 10.0 Å². The third-order valence-corrected chi connectivity index (χ3v) is 2.47. The van der Waals surface area contributed by atoms with E-state index >= 15 is 0 Å². The molecule has 0 saturated heterocycles. The molecule has 0 aromatic carbocycles. The summed E-state index contributed by atoms with van der Waals surface area (Å²) in [5, 5.41) is 9.70. The third-order valence-electron chi connectivity index (χ3n) is 2.47. The normalized spacial score (nSPS) is 10.3. The van der Waals surface area contributed by atoms with Crippen molar-refractivity contribution in [3.63, 3.8) is 0 Å². The smallest absolute Gasteiger partial charge is 0.238 e. The van der Waals surface area contributed by atoms with Gasteiger partial charge in [0.15, 0.2) is 0 Å². The molecule has 4 heteroatoms. The quantitative estimate of drug-likeness (QED) is 0.807. The highest BCUT2D eigenvalue weighted by Crippen LogP contribution is 2.26. The molecule has 0 saturated carbocycles. The highest BCUT2D eigenvalue weighted by atomic mass is 16.3. The van der Waals surface area contributed by atoms with Crippen molar-refractivity contribution in [1.29, 1.82) is 0 Å². The van der Waals surface area contributed by atoms with Crippen molar-refractivity contribution < 1.29 is 5.11 Å². The van der Waals surface area contributed by atoms with Crippen LogP contribution in [0.3, 0.4) is 0 Å². The van der Waals surface area contributed by atoms with Crippen LogP contribution in [0.25, 0.3) is 0 Å². The van der Waals surface area contributed by atoms with E-state index in [0.29, 0.717) is 0 Å². The summed E-state index contributed by atoms with van der Waals surface area (Å²) >= 11 is 0. The molecule has 1 N–H and O–H groups in total. The Hall–Kier alpha value is -1.32. The zero-order valence-corrected chi connectivity index (χ0v) is 9.69. The summed E-state index contributed by atoms with van der Waals surface area (Å²) in [5.74, 6) is 0.0838. The molecule has 0 amide bonds. The number of nitrogens with zero attached hydrogens (tertiary/aromatic N) is 3. The summed E-state index contributed by atoms with van der Waals surface area (Å²) in [7, 11) is 0.